The largest absolute Gasteiger partial charge is 0.344 e. The molecule has 2 fully saturated rings. The fourth-order valence-corrected chi connectivity index (χ4v) is 4.29. The summed E-state index contributed by atoms with van der Waals surface area (Å²) in [5.74, 6) is -0.0923. The molecule has 2 saturated heterocycles. The number of likely N-dealkylation sites (tertiary alicyclic amines) is 2. The van der Waals surface area contributed by atoms with Crippen LogP contribution >= 0.6 is 11.6 Å². The number of amides is 2. The SMILES string of the molecule is CC(=O)N(C)c1cnn(C(=O)N2CC3(CCN(Cc4ccc(Cl)cc4)CC3)C2)c1. The smallest absolute Gasteiger partial charge is 0.322 e. The van der Waals surface area contributed by atoms with E-state index in [0.29, 0.717) is 5.69 Å². The van der Waals surface area contributed by atoms with Crippen LogP contribution in [0, 0.1) is 5.41 Å². The van der Waals surface area contributed by atoms with Crippen molar-refractivity contribution in [3.8, 4) is 0 Å². The molecule has 0 bridgehead atoms. The zero-order valence-corrected chi connectivity index (χ0v) is 17.6. The summed E-state index contributed by atoms with van der Waals surface area (Å²) in [6.45, 7) is 6.06. The van der Waals surface area contributed by atoms with Crippen LogP contribution in [-0.4, -0.2) is 64.7 Å². The number of carbonyl (C=O) groups excluding carboxylic acids is 2. The number of piperidine rings is 1. The zero-order valence-electron chi connectivity index (χ0n) is 16.8. The Labute approximate surface area is 175 Å². The van der Waals surface area contributed by atoms with Gasteiger partial charge in [-0.05, 0) is 43.6 Å². The molecule has 0 N–H and O–H groups in total. The van der Waals surface area contributed by atoms with Crippen molar-refractivity contribution in [2.24, 2.45) is 5.41 Å². The van der Waals surface area contributed by atoms with Crippen molar-refractivity contribution in [2.75, 3.05) is 38.1 Å². The van der Waals surface area contributed by atoms with Crippen molar-refractivity contribution >= 4 is 29.2 Å². The number of hydrogen-bond acceptors (Lipinski definition) is 4. The van der Waals surface area contributed by atoms with Crippen LogP contribution in [0.5, 0.6) is 0 Å². The molecule has 2 amide bonds. The lowest BCUT2D eigenvalue weighted by Gasteiger charge is -2.53. The molecule has 1 aromatic heterocycles. The molecule has 2 aliphatic heterocycles. The first kappa shape index (κ1) is 19.9. The zero-order chi connectivity index (χ0) is 20.6. The van der Waals surface area contributed by atoms with E-state index in [-0.39, 0.29) is 17.4 Å². The number of anilines is 1. The number of hydrogen-bond donors (Lipinski definition) is 0. The minimum atomic E-state index is -0.123. The highest BCUT2D eigenvalue weighted by Crippen LogP contribution is 2.41. The second-order valence-corrected chi connectivity index (χ2v) is 8.70. The molecule has 29 heavy (non-hydrogen) atoms. The van der Waals surface area contributed by atoms with E-state index in [0.717, 1.165) is 50.6 Å². The van der Waals surface area contributed by atoms with Gasteiger partial charge in [-0.3, -0.25) is 9.69 Å². The maximum absolute atomic E-state index is 12.7. The number of nitrogens with zero attached hydrogens (tertiary/aromatic N) is 5. The molecule has 0 atom stereocenters. The van der Waals surface area contributed by atoms with E-state index < -0.39 is 0 Å². The average Bonchev–Trinajstić information content (AvgIpc) is 3.17. The lowest BCUT2D eigenvalue weighted by Crippen LogP contribution is -2.62. The third-order valence-electron chi connectivity index (χ3n) is 6.18. The van der Waals surface area contributed by atoms with Crippen LogP contribution in [0.25, 0.3) is 0 Å². The minimum absolute atomic E-state index is 0.0923. The molecule has 4 rings (SSSR count). The van der Waals surface area contributed by atoms with Crippen LogP contribution in [0.3, 0.4) is 0 Å². The molecule has 0 unspecified atom stereocenters. The lowest BCUT2D eigenvalue weighted by molar-refractivity contribution is -0.116. The molecular weight excluding hydrogens is 390 g/mol. The Morgan fingerprint density at radius 1 is 1.17 bits per heavy atom. The van der Waals surface area contributed by atoms with Crippen LogP contribution in [-0.2, 0) is 11.3 Å². The van der Waals surface area contributed by atoms with Crippen molar-refractivity contribution in [3.05, 3.63) is 47.2 Å². The summed E-state index contributed by atoms with van der Waals surface area (Å²) >= 11 is 5.96. The van der Waals surface area contributed by atoms with Gasteiger partial charge in [0.05, 0.1) is 18.1 Å². The van der Waals surface area contributed by atoms with Crippen LogP contribution in [0.15, 0.2) is 36.7 Å². The van der Waals surface area contributed by atoms with Gasteiger partial charge in [0.2, 0.25) is 5.91 Å². The van der Waals surface area contributed by atoms with Gasteiger partial charge in [0.15, 0.2) is 0 Å². The molecule has 1 spiro atoms. The Kier molecular flexibility index (Phi) is 5.36. The Morgan fingerprint density at radius 2 is 1.83 bits per heavy atom. The van der Waals surface area contributed by atoms with Crippen molar-refractivity contribution in [3.63, 3.8) is 0 Å². The molecule has 2 aliphatic rings. The molecular formula is C21H26ClN5O2. The highest BCUT2D eigenvalue weighted by Gasteiger charge is 2.47. The Hall–Kier alpha value is -2.38. The van der Waals surface area contributed by atoms with Crippen molar-refractivity contribution in [2.45, 2.75) is 26.3 Å². The molecule has 0 saturated carbocycles. The fourth-order valence-electron chi connectivity index (χ4n) is 4.17. The summed E-state index contributed by atoms with van der Waals surface area (Å²) < 4.78 is 1.33. The van der Waals surface area contributed by atoms with Gasteiger partial charge in [-0.15, -0.1) is 0 Å². The predicted molar refractivity (Wildman–Crippen MR) is 112 cm³/mol. The van der Waals surface area contributed by atoms with Gasteiger partial charge < -0.3 is 9.80 Å². The van der Waals surface area contributed by atoms with Crippen LogP contribution < -0.4 is 4.90 Å². The van der Waals surface area contributed by atoms with Crippen LogP contribution in [0.2, 0.25) is 5.02 Å². The Balaban J connectivity index is 1.28. The van der Waals surface area contributed by atoms with Gasteiger partial charge in [-0.25, -0.2) is 4.79 Å². The minimum Gasteiger partial charge on any atom is -0.322 e. The standard InChI is InChI=1S/C21H26ClN5O2/c1-16(28)24(2)19-11-23-27(13-19)20(29)26-14-21(15-26)7-9-25(10-8-21)12-17-3-5-18(22)6-4-17/h3-6,11,13H,7-10,12,14-15H2,1-2H3. The highest BCUT2D eigenvalue weighted by atomic mass is 35.5. The summed E-state index contributed by atoms with van der Waals surface area (Å²) in [5.41, 5.74) is 2.13. The maximum atomic E-state index is 12.7. The van der Waals surface area contributed by atoms with Gasteiger partial charge in [-0.2, -0.15) is 9.78 Å². The third-order valence-corrected chi connectivity index (χ3v) is 6.44. The molecule has 2 aromatic rings. The van der Waals surface area contributed by atoms with Gasteiger partial charge in [0, 0.05) is 44.0 Å². The maximum Gasteiger partial charge on any atom is 0.344 e. The molecule has 8 heteroatoms. The van der Waals surface area contributed by atoms with Crippen molar-refractivity contribution < 1.29 is 9.59 Å². The number of benzene rings is 1. The van der Waals surface area contributed by atoms with E-state index in [1.54, 1.807) is 19.4 Å². The summed E-state index contributed by atoms with van der Waals surface area (Å²) in [5, 5.41) is 4.90. The number of carbonyl (C=O) groups is 2. The normalized spacial score (nSPS) is 18.5. The topological polar surface area (TPSA) is 61.7 Å². The predicted octanol–water partition coefficient (Wildman–Crippen LogP) is 3.09. The highest BCUT2D eigenvalue weighted by molar-refractivity contribution is 6.30. The van der Waals surface area contributed by atoms with E-state index in [9.17, 15) is 9.59 Å². The first-order chi connectivity index (χ1) is 13.8. The van der Waals surface area contributed by atoms with E-state index in [4.69, 9.17) is 11.6 Å². The molecule has 0 aliphatic carbocycles. The molecule has 154 valence electrons. The number of aromatic nitrogens is 2. The third kappa shape index (κ3) is 4.16. The summed E-state index contributed by atoms with van der Waals surface area (Å²) in [6.07, 6.45) is 5.36. The van der Waals surface area contributed by atoms with Gasteiger partial charge >= 0.3 is 6.03 Å². The number of halogens is 1. The second kappa shape index (κ2) is 7.80. The monoisotopic (exact) mass is 415 g/mol. The number of rotatable bonds is 3. The second-order valence-electron chi connectivity index (χ2n) is 8.26. The summed E-state index contributed by atoms with van der Waals surface area (Å²) in [6, 6.07) is 7.91. The Bertz CT molecular complexity index is 894. The van der Waals surface area contributed by atoms with E-state index in [2.05, 4.69) is 22.1 Å². The quantitative estimate of drug-likeness (QED) is 0.772. The van der Waals surface area contributed by atoms with Gasteiger partial charge in [0.1, 0.15) is 0 Å². The first-order valence-corrected chi connectivity index (χ1v) is 10.3. The summed E-state index contributed by atoms with van der Waals surface area (Å²) in [7, 11) is 1.67. The van der Waals surface area contributed by atoms with Crippen LogP contribution in [0.4, 0.5) is 10.5 Å². The molecule has 0 radical (unpaired) electrons. The Morgan fingerprint density at radius 3 is 2.45 bits per heavy atom. The lowest BCUT2D eigenvalue weighted by atomic mass is 9.72. The van der Waals surface area contributed by atoms with Crippen molar-refractivity contribution in [1.82, 2.24) is 19.6 Å². The van der Waals surface area contributed by atoms with Gasteiger partial charge in [-0.1, -0.05) is 23.7 Å². The van der Waals surface area contributed by atoms with Crippen LogP contribution in [0.1, 0.15) is 25.3 Å². The van der Waals surface area contributed by atoms with E-state index in [1.807, 2.05) is 17.0 Å². The molecule has 3 heterocycles. The molecule has 1 aromatic carbocycles. The average molecular weight is 416 g/mol. The fraction of sp³-hybridized carbons (Fsp3) is 0.476. The molecule has 7 nitrogen and oxygen atoms in total. The van der Waals surface area contributed by atoms with Gasteiger partial charge in [0.25, 0.3) is 0 Å². The van der Waals surface area contributed by atoms with E-state index >= 15 is 0 Å². The van der Waals surface area contributed by atoms with E-state index in [1.165, 1.54) is 22.1 Å². The first-order valence-electron chi connectivity index (χ1n) is 9.90. The van der Waals surface area contributed by atoms with Crippen molar-refractivity contribution in [1.29, 1.82) is 0 Å². The summed E-state index contributed by atoms with van der Waals surface area (Å²) in [4.78, 5) is 30.0.